The molecule has 0 aromatic carbocycles. The second kappa shape index (κ2) is 5.78. The average Bonchev–Trinajstić information content (AvgIpc) is 2.67. The number of carboxylic acids is 1. The molecule has 0 aliphatic carbocycles. The largest absolute Gasteiger partial charge is 0.481 e. The fourth-order valence-corrected chi connectivity index (χ4v) is 3.07. The van der Waals surface area contributed by atoms with E-state index in [-0.39, 0.29) is 11.9 Å². The van der Waals surface area contributed by atoms with Gasteiger partial charge in [0.05, 0.1) is 11.6 Å². The highest BCUT2D eigenvalue weighted by molar-refractivity contribution is 7.15. The summed E-state index contributed by atoms with van der Waals surface area (Å²) in [5, 5.41) is 12.3. The molecule has 2 rings (SSSR count). The first-order valence-electron chi connectivity index (χ1n) is 6.67. The molecule has 7 heteroatoms. The maximum absolute atomic E-state index is 12.0. The normalized spacial score (nSPS) is 16.6. The van der Waals surface area contributed by atoms with E-state index in [0.29, 0.717) is 18.2 Å². The van der Waals surface area contributed by atoms with Crippen LogP contribution in [0.1, 0.15) is 24.4 Å². The molecule has 1 aliphatic heterocycles. The Morgan fingerprint density at radius 3 is 2.70 bits per heavy atom. The SMILES string of the molecule is CCc1nc(NC(=O)N2CC(C(C)C(=O)O)C2)sc1C. The Morgan fingerprint density at radius 1 is 1.55 bits per heavy atom. The van der Waals surface area contributed by atoms with Gasteiger partial charge in [-0.2, -0.15) is 0 Å². The third-order valence-corrected chi connectivity index (χ3v) is 4.66. The molecule has 0 spiro atoms. The molecule has 1 aliphatic rings. The number of aliphatic carboxylic acids is 1. The molecular formula is C13H19N3O3S. The van der Waals surface area contributed by atoms with Crippen LogP contribution in [-0.4, -0.2) is 40.1 Å². The van der Waals surface area contributed by atoms with E-state index in [4.69, 9.17) is 5.11 Å². The number of hydrogen-bond donors (Lipinski definition) is 2. The zero-order valence-corrected chi connectivity index (χ0v) is 12.7. The summed E-state index contributed by atoms with van der Waals surface area (Å²) in [5.74, 6) is -1.17. The molecule has 20 heavy (non-hydrogen) atoms. The number of anilines is 1. The van der Waals surface area contributed by atoms with Gasteiger partial charge in [-0.15, -0.1) is 11.3 Å². The highest BCUT2D eigenvalue weighted by Crippen LogP contribution is 2.26. The van der Waals surface area contributed by atoms with E-state index in [1.165, 1.54) is 11.3 Å². The van der Waals surface area contributed by atoms with E-state index in [0.717, 1.165) is 17.0 Å². The zero-order chi connectivity index (χ0) is 14.9. The maximum atomic E-state index is 12.0. The smallest absolute Gasteiger partial charge is 0.323 e. The lowest BCUT2D eigenvalue weighted by atomic mass is 9.87. The molecule has 1 saturated heterocycles. The molecule has 1 unspecified atom stereocenters. The molecule has 2 N–H and O–H groups in total. The summed E-state index contributed by atoms with van der Waals surface area (Å²) < 4.78 is 0. The van der Waals surface area contributed by atoms with Crippen LogP contribution in [-0.2, 0) is 11.2 Å². The number of carbonyl (C=O) groups is 2. The van der Waals surface area contributed by atoms with Crippen LogP contribution in [0.4, 0.5) is 9.93 Å². The number of likely N-dealkylation sites (tertiary alicyclic amines) is 1. The van der Waals surface area contributed by atoms with Crippen LogP contribution in [0.3, 0.4) is 0 Å². The van der Waals surface area contributed by atoms with Gasteiger partial charge in [0, 0.05) is 23.9 Å². The molecule has 110 valence electrons. The van der Waals surface area contributed by atoms with Gasteiger partial charge in [-0.25, -0.2) is 9.78 Å². The maximum Gasteiger partial charge on any atom is 0.323 e. The van der Waals surface area contributed by atoms with Crippen molar-refractivity contribution in [2.75, 3.05) is 18.4 Å². The summed E-state index contributed by atoms with van der Waals surface area (Å²) in [7, 11) is 0. The summed E-state index contributed by atoms with van der Waals surface area (Å²) in [6.45, 7) is 6.68. The van der Waals surface area contributed by atoms with Gasteiger partial charge < -0.3 is 10.0 Å². The van der Waals surface area contributed by atoms with Crippen LogP contribution < -0.4 is 5.32 Å². The summed E-state index contributed by atoms with van der Waals surface area (Å²) in [6.07, 6.45) is 0.847. The van der Waals surface area contributed by atoms with Crippen molar-refractivity contribution in [1.29, 1.82) is 0 Å². The summed E-state index contributed by atoms with van der Waals surface area (Å²) >= 11 is 1.47. The van der Waals surface area contributed by atoms with Gasteiger partial charge in [-0.1, -0.05) is 13.8 Å². The second-order valence-corrected chi connectivity index (χ2v) is 6.30. The number of thiazole rings is 1. The number of nitrogens with one attached hydrogen (secondary N) is 1. The van der Waals surface area contributed by atoms with Crippen molar-refractivity contribution >= 4 is 28.5 Å². The van der Waals surface area contributed by atoms with E-state index >= 15 is 0 Å². The Kier molecular flexibility index (Phi) is 4.27. The highest BCUT2D eigenvalue weighted by Gasteiger charge is 2.37. The fraction of sp³-hybridized carbons (Fsp3) is 0.615. The standard InChI is InChI=1S/C13H19N3O3S/c1-4-10-8(3)20-12(14-10)15-13(19)16-5-9(6-16)7(2)11(17)18/h7,9H,4-6H2,1-3H3,(H,17,18)(H,14,15,19). The number of carboxylic acid groups (broad SMARTS) is 1. The Labute approximate surface area is 121 Å². The molecule has 2 amide bonds. The number of urea groups is 1. The van der Waals surface area contributed by atoms with Crippen molar-refractivity contribution in [3.05, 3.63) is 10.6 Å². The van der Waals surface area contributed by atoms with Crippen LogP contribution in [0.5, 0.6) is 0 Å². The average molecular weight is 297 g/mol. The number of hydrogen-bond acceptors (Lipinski definition) is 4. The molecule has 1 aromatic heterocycles. The van der Waals surface area contributed by atoms with Crippen molar-refractivity contribution in [2.24, 2.45) is 11.8 Å². The van der Waals surface area contributed by atoms with Gasteiger partial charge in [0.1, 0.15) is 0 Å². The molecule has 1 atom stereocenters. The van der Waals surface area contributed by atoms with Crippen molar-refractivity contribution in [2.45, 2.75) is 27.2 Å². The van der Waals surface area contributed by atoms with Gasteiger partial charge in [0.25, 0.3) is 0 Å². The molecule has 2 heterocycles. The molecule has 1 aromatic rings. The lowest BCUT2D eigenvalue weighted by Gasteiger charge is -2.40. The minimum Gasteiger partial charge on any atom is -0.481 e. The summed E-state index contributed by atoms with van der Waals surface area (Å²) in [4.78, 5) is 29.9. The quantitative estimate of drug-likeness (QED) is 0.892. The molecule has 0 bridgehead atoms. The number of nitrogens with zero attached hydrogens (tertiary/aromatic N) is 2. The van der Waals surface area contributed by atoms with Gasteiger partial charge in [-0.3, -0.25) is 10.1 Å². The van der Waals surface area contributed by atoms with Gasteiger partial charge in [-0.05, 0) is 13.3 Å². The van der Waals surface area contributed by atoms with Gasteiger partial charge in [0.15, 0.2) is 5.13 Å². The van der Waals surface area contributed by atoms with Crippen LogP contribution in [0.2, 0.25) is 0 Å². The predicted octanol–water partition coefficient (Wildman–Crippen LogP) is 2.20. The summed E-state index contributed by atoms with van der Waals surface area (Å²) in [5.41, 5.74) is 1.01. The molecule has 0 saturated carbocycles. The highest BCUT2D eigenvalue weighted by atomic mass is 32.1. The van der Waals surface area contributed by atoms with Crippen LogP contribution in [0.15, 0.2) is 0 Å². The molecule has 0 radical (unpaired) electrons. The number of amides is 2. The van der Waals surface area contributed by atoms with E-state index in [1.54, 1.807) is 11.8 Å². The van der Waals surface area contributed by atoms with E-state index in [1.807, 2.05) is 13.8 Å². The zero-order valence-electron chi connectivity index (χ0n) is 11.8. The van der Waals surface area contributed by atoms with Crippen molar-refractivity contribution in [3.63, 3.8) is 0 Å². The van der Waals surface area contributed by atoms with E-state index in [2.05, 4.69) is 10.3 Å². The second-order valence-electron chi connectivity index (χ2n) is 5.10. The molecule has 1 fully saturated rings. The lowest BCUT2D eigenvalue weighted by molar-refractivity contribution is -0.144. The minimum atomic E-state index is -0.807. The Balaban J connectivity index is 1.86. The predicted molar refractivity (Wildman–Crippen MR) is 77.1 cm³/mol. The Morgan fingerprint density at radius 2 is 2.20 bits per heavy atom. The Bertz CT molecular complexity index is 523. The number of rotatable bonds is 4. The van der Waals surface area contributed by atoms with Gasteiger partial charge in [0.2, 0.25) is 0 Å². The third kappa shape index (κ3) is 2.92. The van der Waals surface area contributed by atoms with Crippen molar-refractivity contribution in [3.8, 4) is 0 Å². The molecule has 6 nitrogen and oxygen atoms in total. The van der Waals surface area contributed by atoms with E-state index < -0.39 is 11.9 Å². The first-order valence-corrected chi connectivity index (χ1v) is 7.49. The Hall–Kier alpha value is -1.63. The monoisotopic (exact) mass is 297 g/mol. The van der Waals surface area contributed by atoms with Gasteiger partial charge >= 0.3 is 12.0 Å². The number of aryl methyl sites for hydroxylation is 2. The molecular weight excluding hydrogens is 278 g/mol. The first kappa shape index (κ1) is 14.8. The van der Waals surface area contributed by atoms with Crippen molar-refractivity contribution in [1.82, 2.24) is 9.88 Å². The van der Waals surface area contributed by atoms with Crippen LogP contribution >= 0.6 is 11.3 Å². The van der Waals surface area contributed by atoms with Crippen LogP contribution in [0, 0.1) is 18.8 Å². The third-order valence-electron chi connectivity index (χ3n) is 3.74. The fourth-order valence-electron chi connectivity index (χ4n) is 2.18. The summed E-state index contributed by atoms with van der Waals surface area (Å²) in [6, 6.07) is -0.199. The van der Waals surface area contributed by atoms with Crippen molar-refractivity contribution < 1.29 is 14.7 Å². The lowest BCUT2D eigenvalue weighted by Crippen LogP contribution is -2.54. The van der Waals surface area contributed by atoms with E-state index in [9.17, 15) is 9.59 Å². The number of carbonyl (C=O) groups excluding carboxylic acids is 1. The first-order chi connectivity index (χ1) is 9.42. The topological polar surface area (TPSA) is 82.5 Å². The number of aromatic nitrogens is 1. The minimum absolute atomic E-state index is 0.0440. The van der Waals surface area contributed by atoms with Crippen LogP contribution in [0.25, 0.3) is 0 Å².